The number of ether oxygens (including phenoxy) is 2. The van der Waals surface area contributed by atoms with E-state index in [0.29, 0.717) is 30.5 Å². The highest BCUT2D eigenvalue weighted by Gasteiger charge is 2.42. The van der Waals surface area contributed by atoms with Crippen molar-refractivity contribution in [1.29, 1.82) is 0 Å². The Morgan fingerprint density at radius 2 is 1.88 bits per heavy atom. The van der Waals surface area contributed by atoms with Gasteiger partial charge in [-0.2, -0.15) is 5.10 Å². The second-order valence-electron chi connectivity index (χ2n) is 9.07. The van der Waals surface area contributed by atoms with Crippen molar-refractivity contribution < 1.29 is 14.3 Å². The van der Waals surface area contributed by atoms with Crippen LogP contribution in [0, 0.1) is 12.8 Å². The van der Waals surface area contributed by atoms with Gasteiger partial charge in [-0.15, -0.1) is 0 Å². The predicted octanol–water partition coefficient (Wildman–Crippen LogP) is 5.77. The van der Waals surface area contributed by atoms with Crippen LogP contribution in [0.25, 0.3) is 11.3 Å². The average molecular weight is 448 g/mol. The first-order chi connectivity index (χ1) is 15.9. The van der Waals surface area contributed by atoms with E-state index in [4.69, 9.17) is 9.47 Å². The molecule has 0 spiro atoms. The van der Waals surface area contributed by atoms with Crippen molar-refractivity contribution in [3.05, 3.63) is 64.8 Å². The number of carbonyl (C=O) groups excluding carboxylic acids is 1. The zero-order chi connectivity index (χ0) is 23.5. The van der Waals surface area contributed by atoms with E-state index in [1.165, 1.54) is 5.56 Å². The standard InChI is InChI=1S/C27H33N3O3/c1-6-14-30-26(20-11-12-21(22(16-20)32-5)33-15-13-17(2)3)23-24(28-29-25(23)27(30)31)19-9-7-18(4)8-10-19/h7-12,16-17,26H,6,13-15H2,1-5H3,(H,28,29). The van der Waals surface area contributed by atoms with Crippen LogP contribution in [0.1, 0.15) is 66.8 Å². The highest BCUT2D eigenvalue weighted by molar-refractivity contribution is 6.00. The Labute approximate surface area is 195 Å². The van der Waals surface area contributed by atoms with E-state index < -0.39 is 0 Å². The summed E-state index contributed by atoms with van der Waals surface area (Å²) in [7, 11) is 1.65. The number of aryl methyl sites for hydroxylation is 1. The van der Waals surface area contributed by atoms with Gasteiger partial charge in [0.2, 0.25) is 0 Å². The maximum Gasteiger partial charge on any atom is 0.273 e. The van der Waals surface area contributed by atoms with Crippen LogP contribution in [-0.2, 0) is 0 Å². The molecule has 2 aromatic carbocycles. The van der Waals surface area contributed by atoms with Gasteiger partial charge in [-0.1, -0.05) is 56.7 Å². The third-order valence-electron chi connectivity index (χ3n) is 6.11. The van der Waals surface area contributed by atoms with E-state index in [-0.39, 0.29) is 11.9 Å². The summed E-state index contributed by atoms with van der Waals surface area (Å²) in [5.41, 5.74) is 5.48. The lowest BCUT2D eigenvalue weighted by Crippen LogP contribution is -2.30. The quantitative estimate of drug-likeness (QED) is 0.452. The molecule has 0 saturated carbocycles. The summed E-state index contributed by atoms with van der Waals surface area (Å²) in [6.45, 7) is 9.80. The van der Waals surface area contributed by atoms with Gasteiger partial charge in [0.25, 0.3) is 5.91 Å². The first-order valence-electron chi connectivity index (χ1n) is 11.7. The number of aromatic nitrogens is 2. The Balaban J connectivity index is 1.75. The van der Waals surface area contributed by atoms with Crippen molar-refractivity contribution >= 4 is 5.91 Å². The van der Waals surface area contributed by atoms with Crippen LogP contribution < -0.4 is 9.47 Å². The van der Waals surface area contributed by atoms with Crippen molar-refractivity contribution in [2.75, 3.05) is 20.3 Å². The minimum absolute atomic E-state index is 0.0149. The molecular formula is C27H33N3O3. The normalized spacial score (nSPS) is 15.3. The van der Waals surface area contributed by atoms with E-state index in [1.54, 1.807) is 7.11 Å². The molecule has 6 heteroatoms. The van der Waals surface area contributed by atoms with Gasteiger partial charge < -0.3 is 14.4 Å². The van der Waals surface area contributed by atoms with Gasteiger partial charge in [0, 0.05) is 17.7 Å². The lowest BCUT2D eigenvalue weighted by atomic mass is 9.95. The Bertz CT molecular complexity index is 1120. The Morgan fingerprint density at radius 1 is 1.12 bits per heavy atom. The van der Waals surface area contributed by atoms with Gasteiger partial charge in [0.05, 0.1) is 25.5 Å². The van der Waals surface area contributed by atoms with E-state index in [1.807, 2.05) is 23.1 Å². The number of hydrogen-bond acceptors (Lipinski definition) is 4. The van der Waals surface area contributed by atoms with Gasteiger partial charge in [-0.05, 0) is 43.4 Å². The highest BCUT2D eigenvalue weighted by atomic mass is 16.5. The van der Waals surface area contributed by atoms with Crippen LogP contribution in [-0.4, -0.2) is 41.3 Å². The summed E-state index contributed by atoms with van der Waals surface area (Å²) in [5.74, 6) is 1.95. The van der Waals surface area contributed by atoms with Gasteiger partial charge >= 0.3 is 0 Å². The number of aromatic amines is 1. The predicted molar refractivity (Wildman–Crippen MR) is 130 cm³/mol. The zero-order valence-electron chi connectivity index (χ0n) is 20.1. The second-order valence-corrected chi connectivity index (χ2v) is 9.07. The Morgan fingerprint density at radius 3 is 2.55 bits per heavy atom. The van der Waals surface area contributed by atoms with Crippen LogP contribution in [0.2, 0.25) is 0 Å². The van der Waals surface area contributed by atoms with Gasteiger partial charge in [0.1, 0.15) is 5.69 Å². The number of H-pyrrole nitrogens is 1. The summed E-state index contributed by atoms with van der Waals surface area (Å²) in [4.78, 5) is 15.2. The molecule has 174 valence electrons. The summed E-state index contributed by atoms with van der Waals surface area (Å²) >= 11 is 0. The average Bonchev–Trinajstić information content (AvgIpc) is 3.34. The lowest BCUT2D eigenvalue weighted by molar-refractivity contribution is 0.0743. The van der Waals surface area contributed by atoms with Crippen LogP contribution in [0.5, 0.6) is 11.5 Å². The molecule has 0 bridgehead atoms. The first kappa shape index (κ1) is 22.9. The summed E-state index contributed by atoms with van der Waals surface area (Å²) < 4.78 is 11.7. The van der Waals surface area contributed by atoms with E-state index in [9.17, 15) is 4.79 Å². The van der Waals surface area contributed by atoms with Crippen molar-refractivity contribution in [1.82, 2.24) is 15.1 Å². The number of hydrogen-bond donors (Lipinski definition) is 1. The number of rotatable bonds is 9. The molecule has 1 amide bonds. The number of methoxy groups -OCH3 is 1. The van der Waals surface area contributed by atoms with Crippen molar-refractivity contribution in [2.24, 2.45) is 5.92 Å². The van der Waals surface area contributed by atoms with Crippen LogP contribution in [0.4, 0.5) is 0 Å². The van der Waals surface area contributed by atoms with Crippen molar-refractivity contribution in [2.45, 2.75) is 46.6 Å². The van der Waals surface area contributed by atoms with Crippen LogP contribution in [0.15, 0.2) is 42.5 Å². The fourth-order valence-corrected chi connectivity index (χ4v) is 4.32. The number of carbonyl (C=O) groups is 1. The molecule has 0 aliphatic carbocycles. The smallest absolute Gasteiger partial charge is 0.273 e. The molecule has 33 heavy (non-hydrogen) atoms. The lowest BCUT2D eigenvalue weighted by Gasteiger charge is -2.26. The summed E-state index contributed by atoms with van der Waals surface area (Å²) in [6.07, 6.45) is 1.85. The van der Waals surface area contributed by atoms with Crippen molar-refractivity contribution in [3.63, 3.8) is 0 Å². The highest BCUT2D eigenvalue weighted by Crippen LogP contribution is 2.44. The van der Waals surface area contributed by atoms with Crippen LogP contribution >= 0.6 is 0 Å². The maximum absolute atomic E-state index is 13.3. The van der Waals surface area contributed by atoms with E-state index in [2.05, 4.69) is 62.2 Å². The molecule has 2 heterocycles. The van der Waals surface area contributed by atoms with Gasteiger partial charge in [0.15, 0.2) is 11.5 Å². The molecule has 3 aromatic rings. The molecule has 1 aliphatic rings. The minimum atomic E-state index is -0.235. The van der Waals surface area contributed by atoms with Gasteiger partial charge in [-0.25, -0.2) is 0 Å². The molecule has 0 fully saturated rings. The molecule has 0 saturated heterocycles. The van der Waals surface area contributed by atoms with Crippen molar-refractivity contribution in [3.8, 4) is 22.8 Å². The topological polar surface area (TPSA) is 67.5 Å². The summed E-state index contributed by atoms with van der Waals surface area (Å²) in [5, 5.41) is 7.57. The van der Waals surface area contributed by atoms with E-state index >= 15 is 0 Å². The number of nitrogens with zero attached hydrogens (tertiary/aromatic N) is 2. The fourth-order valence-electron chi connectivity index (χ4n) is 4.32. The Kier molecular flexibility index (Phi) is 6.72. The molecule has 4 rings (SSSR count). The van der Waals surface area contributed by atoms with Gasteiger partial charge in [-0.3, -0.25) is 9.89 Å². The molecule has 1 aliphatic heterocycles. The molecule has 6 nitrogen and oxygen atoms in total. The first-order valence-corrected chi connectivity index (χ1v) is 11.7. The number of nitrogens with one attached hydrogen (secondary N) is 1. The molecule has 1 aromatic heterocycles. The molecular weight excluding hydrogens is 414 g/mol. The number of benzene rings is 2. The third kappa shape index (κ3) is 4.47. The largest absolute Gasteiger partial charge is 0.493 e. The third-order valence-corrected chi connectivity index (χ3v) is 6.11. The number of amides is 1. The molecule has 1 N–H and O–H groups in total. The summed E-state index contributed by atoms with van der Waals surface area (Å²) in [6, 6.07) is 14.0. The van der Waals surface area contributed by atoms with E-state index in [0.717, 1.165) is 41.0 Å². The molecule has 1 unspecified atom stereocenters. The fraction of sp³-hybridized carbons (Fsp3) is 0.407. The zero-order valence-corrected chi connectivity index (χ0v) is 20.1. The number of fused-ring (bicyclic) bond motifs is 1. The SMILES string of the molecule is CCCN1C(=O)c2[nH]nc(-c3ccc(C)cc3)c2C1c1ccc(OCCC(C)C)c(OC)c1. The second kappa shape index (κ2) is 9.69. The monoisotopic (exact) mass is 447 g/mol. The molecule has 0 radical (unpaired) electrons. The van der Waals surface area contributed by atoms with Crippen LogP contribution in [0.3, 0.4) is 0 Å². The minimum Gasteiger partial charge on any atom is -0.493 e. The Hall–Kier alpha value is -3.28. The molecule has 1 atom stereocenters. The maximum atomic E-state index is 13.3.